The van der Waals surface area contributed by atoms with Crippen LogP contribution in [0.5, 0.6) is 0 Å². The lowest BCUT2D eigenvalue weighted by atomic mass is 10.1. The largest absolute Gasteiger partial charge is 0.365 e. The summed E-state index contributed by atoms with van der Waals surface area (Å²) in [5.74, 6) is 0. The van der Waals surface area contributed by atoms with E-state index in [1.54, 1.807) is 11.3 Å². The minimum absolute atomic E-state index is 0.963. The summed E-state index contributed by atoms with van der Waals surface area (Å²) in [5.41, 5.74) is 3.88. The Morgan fingerprint density at radius 2 is 2.07 bits per heavy atom. The monoisotopic (exact) mass is 218 g/mol. The van der Waals surface area contributed by atoms with Gasteiger partial charge in [-0.3, -0.25) is 0 Å². The molecular formula is C12H14N2S. The van der Waals surface area contributed by atoms with Crippen LogP contribution >= 0.6 is 11.3 Å². The summed E-state index contributed by atoms with van der Waals surface area (Å²) in [6.45, 7) is 4.25. The average molecular weight is 218 g/mol. The predicted octanol–water partition coefficient (Wildman–Crippen LogP) is 3.47. The zero-order valence-corrected chi connectivity index (χ0v) is 9.98. The highest BCUT2D eigenvalue weighted by atomic mass is 32.1. The summed E-state index contributed by atoms with van der Waals surface area (Å²) < 4.78 is 0. The molecule has 1 N–H and O–H groups in total. The van der Waals surface area contributed by atoms with Crippen LogP contribution in [-0.4, -0.2) is 12.0 Å². The Labute approximate surface area is 94.0 Å². The number of nitrogens with one attached hydrogen (secondary N) is 1. The quantitative estimate of drug-likeness (QED) is 0.835. The fraction of sp³-hybridized carbons (Fsp3) is 0.250. The third-order valence-electron chi connectivity index (χ3n) is 2.37. The molecule has 0 saturated carbocycles. The highest BCUT2D eigenvalue weighted by Crippen LogP contribution is 2.31. The Morgan fingerprint density at radius 3 is 2.67 bits per heavy atom. The van der Waals surface area contributed by atoms with Crippen molar-refractivity contribution in [3.05, 3.63) is 35.5 Å². The van der Waals surface area contributed by atoms with Crippen LogP contribution in [0, 0.1) is 13.8 Å². The molecule has 3 heteroatoms. The van der Waals surface area contributed by atoms with Gasteiger partial charge in [0.15, 0.2) is 5.13 Å². The second-order valence-corrected chi connectivity index (χ2v) is 4.63. The molecule has 0 aliphatic carbocycles. The number of benzene rings is 1. The molecule has 78 valence electrons. The third-order valence-corrected chi connectivity index (χ3v) is 3.42. The standard InChI is InChI=1S/C12H14N2S/c1-8-4-5-10(9(2)6-8)11-7-14-12(13-3)15-11/h4-7H,1-3H3,(H,13,14). The van der Waals surface area contributed by atoms with Crippen LogP contribution in [0.1, 0.15) is 11.1 Å². The summed E-state index contributed by atoms with van der Waals surface area (Å²) in [5, 5.41) is 4.02. The topological polar surface area (TPSA) is 24.9 Å². The number of hydrogen-bond donors (Lipinski definition) is 1. The first-order valence-electron chi connectivity index (χ1n) is 4.92. The molecule has 0 unspecified atom stereocenters. The first kappa shape index (κ1) is 10.2. The van der Waals surface area contributed by atoms with Crippen molar-refractivity contribution in [2.45, 2.75) is 13.8 Å². The molecule has 2 nitrogen and oxygen atoms in total. The van der Waals surface area contributed by atoms with Crippen molar-refractivity contribution in [2.24, 2.45) is 0 Å². The molecule has 0 radical (unpaired) electrons. The maximum Gasteiger partial charge on any atom is 0.182 e. The number of thiazole rings is 1. The van der Waals surface area contributed by atoms with E-state index in [0.29, 0.717) is 0 Å². The van der Waals surface area contributed by atoms with Crippen molar-refractivity contribution in [1.82, 2.24) is 4.98 Å². The van der Waals surface area contributed by atoms with E-state index in [-0.39, 0.29) is 0 Å². The highest BCUT2D eigenvalue weighted by molar-refractivity contribution is 7.18. The predicted molar refractivity (Wildman–Crippen MR) is 66.6 cm³/mol. The molecule has 0 saturated heterocycles. The molecule has 1 aromatic heterocycles. The summed E-state index contributed by atoms with van der Waals surface area (Å²) in [7, 11) is 1.89. The molecular weight excluding hydrogens is 204 g/mol. The molecule has 2 aromatic rings. The summed E-state index contributed by atoms with van der Waals surface area (Å²) in [6.07, 6.45) is 1.92. The van der Waals surface area contributed by atoms with Crippen LogP contribution in [-0.2, 0) is 0 Å². The van der Waals surface area contributed by atoms with Gasteiger partial charge in [0.2, 0.25) is 0 Å². The van der Waals surface area contributed by atoms with E-state index in [2.05, 4.69) is 42.3 Å². The Balaban J connectivity index is 2.44. The van der Waals surface area contributed by atoms with E-state index >= 15 is 0 Å². The highest BCUT2D eigenvalue weighted by Gasteiger charge is 2.05. The van der Waals surface area contributed by atoms with E-state index in [9.17, 15) is 0 Å². The normalized spacial score (nSPS) is 10.3. The number of hydrogen-bond acceptors (Lipinski definition) is 3. The molecule has 0 fully saturated rings. The maximum atomic E-state index is 4.28. The van der Waals surface area contributed by atoms with E-state index in [1.165, 1.54) is 21.6 Å². The lowest BCUT2D eigenvalue weighted by Crippen LogP contribution is -1.83. The second kappa shape index (κ2) is 4.03. The van der Waals surface area contributed by atoms with E-state index in [4.69, 9.17) is 0 Å². The molecule has 1 heterocycles. The van der Waals surface area contributed by atoms with Gasteiger partial charge in [-0.1, -0.05) is 35.1 Å². The number of aromatic nitrogens is 1. The SMILES string of the molecule is CNc1ncc(-c2ccc(C)cc2C)s1. The second-order valence-electron chi connectivity index (χ2n) is 3.60. The molecule has 0 bridgehead atoms. The van der Waals surface area contributed by atoms with Gasteiger partial charge >= 0.3 is 0 Å². The number of anilines is 1. The number of nitrogens with zero attached hydrogens (tertiary/aromatic N) is 1. The number of rotatable bonds is 2. The number of aryl methyl sites for hydroxylation is 2. The van der Waals surface area contributed by atoms with Gasteiger partial charge in [0.05, 0.1) is 4.88 Å². The summed E-state index contributed by atoms with van der Waals surface area (Å²) in [4.78, 5) is 5.50. The van der Waals surface area contributed by atoms with E-state index in [1.807, 2.05) is 13.2 Å². The molecule has 0 spiro atoms. The van der Waals surface area contributed by atoms with Gasteiger partial charge in [-0.05, 0) is 25.0 Å². The van der Waals surface area contributed by atoms with Gasteiger partial charge in [0.25, 0.3) is 0 Å². The molecule has 0 aliphatic rings. The Hall–Kier alpha value is -1.35. The zero-order chi connectivity index (χ0) is 10.8. The smallest absolute Gasteiger partial charge is 0.182 e. The van der Waals surface area contributed by atoms with Crippen LogP contribution in [0.25, 0.3) is 10.4 Å². The van der Waals surface area contributed by atoms with Crippen LogP contribution in [0.4, 0.5) is 5.13 Å². The molecule has 0 atom stereocenters. The van der Waals surface area contributed by atoms with Gasteiger partial charge < -0.3 is 5.32 Å². The summed E-state index contributed by atoms with van der Waals surface area (Å²) >= 11 is 1.68. The van der Waals surface area contributed by atoms with Gasteiger partial charge in [0.1, 0.15) is 0 Å². The van der Waals surface area contributed by atoms with Crippen molar-refractivity contribution in [3.63, 3.8) is 0 Å². The van der Waals surface area contributed by atoms with Crippen molar-refractivity contribution in [2.75, 3.05) is 12.4 Å². The minimum Gasteiger partial charge on any atom is -0.365 e. The molecule has 15 heavy (non-hydrogen) atoms. The lowest BCUT2D eigenvalue weighted by Gasteiger charge is -2.03. The molecule has 0 amide bonds. The minimum atomic E-state index is 0.963. The Kier molecular flexibility index (Phi) is 2.73. The molecule has 2 rings (SSSR count). The molecule has 1 aromatic carbocycles. The van der Waals surface area contributed by atoms with Crippen molar-refractivity contribution >= 4 is 16.5 Å². The van der Waals surface area contributed by atoms with E-state index in [0.717, 1.165) is 5.13 Å². The first-order valence-corrected chi connectivity index (χ1v) is 5.73. The zero-order valence-electron chi connectivity index (χ0n) is 9.16. The van der Waals surface area contributed by atoms with Gasteiger partial charge in [-0.15, -0.1) is 0 Å². The third kappa shape index (κ3) is 2.02. The first-order chi connectivity index (χ1) is 7.20. The van der Waals surface area contributed by atoms with Crippen molar-refractivity contribution in [3.8, 4) is 10.4 Å². The fourth-order valence-corrected chi connectivity index (χ4v) is 2.46. The Morgan fingerprint density at radius 1 is 1.27 bits per heavy atom. The van der Waals surface area contributed by atoms with Crippen LogP contribution < -0.4 is 5.32 Å². The summed E-state index contributed by atoms with van der Waals surface area (Å²) in [6, 6.07) is 6.51. The van der Waals surface area contributed by atoms with E-state index < -0.39 is 0 Å². The van der Waals surface area contributed by atoms with Gasteiger partial charge in [-0.2, -0.15) is 0 Å². The lowest BCUT2D eigenvalue weighted by molar-refractivity contribution is 1.35. The average Bonchev–Trinajstić information content (AvgIpc) is 2.66. The van der Waals surface area contributed by atoms with Crippen LogP contribution in [0.3, 0.4) is 0 Å². The van der Waals surface area contributed by atoms with Crippen molar-refractivity contribution in [1.29, 1.82) is 0 Å². The van der Waals surface area contributed by atoms with Gasteiger partial charge in [-0.25, -0.2) is 4.98 Å². The van der Waals surface area contributed by atoms with Gasteiger partial charge in [0, 0.05) is 13.2 Å². The maximum absolute atomic E-state index is 4.28. The van der Waals surface area contributed by atoms with Crippen LogP contribution in [0.2, 0.25) is 0 Å². The fourth-order valence-electron chi connectivity index (χ4n) is 1.60. The van der Waals surface area contributed by atoms with Crippen LogP contribution in [0.15, 0.2) is 24.4 Å². The molecule has 0 aliphatic heterocycles. The van der Waals surface area contributed by atoms with Crippen molar-refractivity contribution < 1.29 is 0 Å². The Bertz CT molecular complexity index is 474.